The van der Waals surface area contributed by atoms with Gasteiger partial charge in [-0.05, 0) is 51.2 Å². The molecule has 2 bridgehead atoms. The molecule has 5 aromatic rings. The summed E-state index contributed by atoms with van der Waals surface area (Å²) in [5.74, 6) is 1.09. The Morgan fingerprint density at radius 2 is 1.59 bits per heavy atom. The van der Waals surface area contributed by atoms with Crippen molar-refractivity contribution in [2.75, 3.05) is 13.1 Å². The quantitative estimate of drug-likeness (QED) is 0.162. The first-order chi connectivity index (χ1) is 18.2. The van der Waals surface area contributed by atoms with Gasteiger partial charge >= 0.3 is 0 Å². The highest BCUT2D eigenvalue weighted by Crippen LogP contribution is 2.49. The fraction of sp³-hybridized carbons (Fsp3) is 0.265. The van der Waals surface area contributed by atoms with Crippen molar-refractivity contribution in [1.82, 2.24) is 4.98 Å². The van der Waals surface area contributed by atoms with Gasteiger partial charge in [0.15, 0.2) is 0 Å². The molecule has 8 rings (SSSR count). The van der Waals surface area contributed by atoms with Crippen LogP contribution in [-0.2, 0) is 6.54 Å². The fourth-order valence-corrected chi connectivity index (χ4v) is 7.56. The van der Waals surface area contributed by atoms with Gasteiger partial charge in [-0.25, -0.2) is 0 Å². The Morgan fingerprint density at radius 3 is 2.32 bits per heavy atom. The Hall–Kier alpha value is -3.53. The zero-order chi connectivity index (χ0) is 25.0. The molecule has 3 heteroatoms. The van der Waals surface area contributed by atoms with Crippen molar-refractivity contribution in [2.45, 2.75) is 31.5 Å². The number of aromatic nitrogens is 1. The zero-order valence-corrected chi connectivity index (χ0v) is 21.1. The Morgan fingerprint density at radius 1 is 0.919 bits per heavy atom. The van der Waals surface area contributed by atoms with E-state index in [1.807, 2.05) is 30.5 Å². The smallest absolute Gasteiger partial charge is 0.131 e. The third kappa shape index (κ3) is 3.60. The summed E-state index contributed by atoms with van der Waals surface area (Å²) in [7, 11) is 0. The maximum Gasteiger partial charge on any atom is 0.131 e. The van der Waals surface area contributed by atoms with Crippen LogP contribution in [0.1, 0.15) is 30.1 Å². The number of para-hydroxylation sites is 1. The topological polar surface area (TPSA) is 33.1 Å². The first-order valence-corrected chi connectivity index (χ1v) is 13.6. The molecule has 4 unspecified atom stereocenters. The molecule has 0 saturated carbocycles. The standard InChI is InChI=1S/C34H33N2O/c1-2-23-21-36(22-31-27-11-5-3-9-25(27)19-26-10-4-6-12-28(26)31)18-16-24(23)20-33(36)34(37)30-15-17-35-32-14-8-7-13-29(30)32/h2-15,17,19,23-24,33-34,37H,1,16,18,20-22H2/q+1/t23?,24?,33-,34?,36?/m0/s1. The molecule has 5 atom stereocenters. The molecule has 37 heavy (non-hydrogen) atoms. The predicted molar refractivity (Wildman–Crippen MR) is 152 cm³/mol. The van der Waals surface area contributed by atoms with Gasteiger partial charge in [0, 0.05) is 35.9 Å². The molecule has 1 N–H and O–H groups in total. The number of hydrogen-bond donors (Lipinski definition) is 1. The van der Waals surface area contributed by atoms with E-state index < -0.39 is 6.10 Å². The highest BCUT2D eigenvalue weighted by Gasteiger charge is 2.54. The van der Waals surface area contributed by atoms with Gasteiger partial charge in [0.1, 0.15) is 18.7 Å². The van der Waals surface area contributed by atoms with Crippen molar-refractivity contribution < 1.29 is 9.59 Å². The molecule has 3 fully saturated rings. The fourth-order valence-electron chi connectivity index (χ4n) is 7.56. The number of piperidine rings is 3. The summed E-state index contributed by atoms with van der Waals surface area (Å²) in [5, 5.41) is 18.4. The molecule has 0 radical (unpaired) electrons. The Balaban J connectivity index is 1.39. The molecule has 4 heterocycles. The average molecular weight is 486 g/mol. The van der Waals surface area contributed by atoms with E-state index in [-0.39, 0.29) is 6.04 Å². The van der Waals surface area contributed by atoms with Crippen LogP contribution in [0, 0.1) is 11.8 Å². The van der Waals surface area contributed by atoms with Gasteiger partial charge in [0.05, 0.1) is 18.6 Å². The summed E-state index contributed by atoms with van der Waals surface area (Å²) in [6.45, 7) is 7.28. The second-order valence-electron chi connectivity index (χ2n) is 11.2. The Kier molecular flexibility index (Phi) is 5.38. The van der Waals surface area contributed by atoms with Gasteiger partial charge in [-0.2, -0.15) is 0 Å². The summed E-state index contributed by atoms with van der Waals surface area (Å²) >= 11 is 0. The summed E-state index contributed by atoms with van der Waals surface area (Å²) in [6.07, 6.45) is 5.72. The van der Waals surface area contributed by atoms with Crippen molar-refractivity contribution in [2.24, 2.45) is 11.8 Å². The maximum atomic E-state index is 12.1. The third-order valence-corrected chi connectivity index (χ3v) is 9.40. The number of aliphatic hydroxyl groups excluding tert-OH is 1. The molecule has 3 aliphatic rings. The molecule has 0 amide bonds. The minimum atomic E-state index is -0.539. The number of quaternary nitrogens is 1. The van der Waals surface area contributed by atoms with E-state index >= 15 is 0 Å². The zero-order valence-electron chi connectivity index (χ0n) is 21.1. The van der Waals surface area contributed by atoms with E-state index in [0.717, 1.165) is 47.0 Å². The number of benzene rings is 4. The lowest BCUT2D eigenvalue weighted by Gasteiger charge is -2.58. The van der Waals surface area contributed by atoms with Crippen molar-refractivity contribution in [3.8, 4) is 0 Å². The van der Waals surface area contributed by atoms with E-state index in [0.29, 0.717) is 11.8 Å². The largest absolute Gasteiger partial charge is 0.382 e. The third-order valence-electron chi connectivity index (χ3n) is 9.40. The van der Waals surface area contributed by atoms with Gasteiger partial charge in [-0.1, -0.05) is 72.8 Å². The maximum absolute atomic E-state index is 12.1. The summed E-state index contributed by atoms with van der Waals surface area (Å²) in [5.41, 5.74) is 3.37. The Bertz CT molecular complexity index is 1580. The number of pyridine rings is 1. The van der Waals surface area contributed by atoms with Crippen molar-refractivity contribution in [3.63, 3.8) is 0 Å². The van der Waals surface area contributed by atoms with Crippen LogP contribution in [0.5, 0.6) is 0 Å². The van der Waals surface area contributed by atoms with Gasteiger partial charge in [-0.15, -0.1) is 6.58 Å². The molecular weight excluding hydrogens is 452 g/mol. The number of fused-ring (bicyclic) bond motifs is 6. The van der Waals surface area contributed by atoms with E-state index in [1.165, 1.54) is 33.5 Å². The minimum absolute atomic E-state index is 0.137. The summed E-state index contributed by atoms with van der Waals surface area (Å²) < 4.78 is 0.906. The molecule has 4 aromatic carbocycles. The molecular formula is C34H33N2O+. The predicted octanol–water partition coefficient (Wildman–Crippen LogP) is 7.19. The van der Waals surface area contributed by atoms with Gasteiger partial charge < -0.3 is 9.59 Å². The molecule has 1 aromatic heterocycles. The molecule has 0 aliphatic carbocycles. The minimum Gasteiger partial charge on any atom is -0.382 e. The van der Waals surface area contributed by atoms with Crippen LogP contribution in [-0.4, -0.2) is 33.7 Å². The SMILES string of the molecule is C=CC1C[N+]2(Cc3c4ccccc4cc4ccccc34)CCC1C[C@H]2C(O)c1ccnc2ccccc12. The van der Waals surface area contributed by atoms with E-state index in [4.69, 9.17) is 0 Å². The lowest BCUT2D eigenvalue weighted by atomic mass is 9.71. The van der Waals surface area contributed by atoms with Gasteiger partial charge in [0.2, 0.25) is 0 Å². The van der Waals surface area contributed by atoms with E-state index in [1.54, 1.807) is 0 Å². The molecule has 3 nitrogen and oxygen atoms in total. The van der Waals surface area contributed by atoms with Crippen LogP contribution in [0.4, 0.5) is 0 Å². The highest BCUT2D eigenvalue weighted by atomic mass is 16.3. The van der Waals surface area contributed by atoms with E-state index in [9.17, 15) is 5.11 Å². The van der Waals surface area contributed by atoms with Crippen LogP contribution >= 0.6 is 0 Å². The molecule has 184 valence electrons. The van der Waals surface area contributed by atoms with Crippen LogP contribution in [0.2, 0.25) is 0 Å². The van der Waals surface area contributed by atoms with Gasteiger partial charge in [-0.3, -0.25) is 4.98 Å². The highest BCUT2D eigenvalue weighted by molar-refractivity contribution is 6.02. The first-order valence-electron chi connectivity index (χ1n) is 13.6. The number of hydrogen-bond acceptors (Lipinski definition) is 2. The second kappa shape index (κ2) is 8.79. The first kappa shape index (κ1) is 22.7. The van der Waals surface area contributed by atoms with Gasteiger partial charge in [0.25, 0.3) is 0 Å². The van der Waals surface area contributed by atoms with Crippen LogP contribution in [0.3, 0.4) is 0 Å². The average Bonchev–Trinajstić information content (AvgIpc) is 2.96. The lowest BCUT2D eigenvalue weighted by molar-refractivity contribution is -0.984. The van der Waals surface area contributed by atoms with Crippen LogP contribution in [0.15, 0.2) is 104 Å². The van der Waals surface area contributed by atoms with Crippen LogP contribution < -0.4 is 0 Å². The number of nitrogens with zero attached hydrogens (tertiary/aromatic N) is 2. The van der Waals surface area contributed by atoms with Crippen molar-refractivity contribution >= 4 is 32.4 Å². The monoisotopic (exact) mass is 485 g/mol. The normalized spacial score (nSPS) is 26.0. The van der Waals surface area contributed by atoms with Crippen molar-refractivity contribution in [3.05, 3.63) is 115 Å². The lowest BCUT2D eigenvalue weighted by Crippen LogP contribution is -2.67. The Labute approximate surface area is 218 Å². The number of aliphatic hydroxyl groups is 1. The summed E-state index contributed by atoms with van der Waals surface area (Å²) in [6, 6.07) is 30.3. The van der Waals surface area contributed by atoms with E-state index in [2.05, 4.69) is 78.3 Å². The van der Waals surface area contributed by atoms with Crippen LogP contribution in [0.25, 0.3) is 32.4 Å². The second-order valence-corrected chi connectivity index (χ2v) is 11.2. The molecule has 3 aliphatic heterocycles. The number of rotatable bonds is 5. The van der Waals surface area contributed by atoms with Crippen molar-refractivity contribution in [1.29, 1.82) is 0 Å². The summed E-state index contributed by atoms with van der Waals surface area (Å²) in [4.78, 5) is 4.57. The molecule has 0 spiro atoms. The molecule has 3 saturated heterocycles.